The lowest BCUT2D eigenvalue weighted by Gasteiger charge is -2.29. The van der Waals surface area contributed by atoms with Crippen molar-refractivity contribution in [2.75, 3.05) is 30.9 Å². The average molecular weight is 367 g/mol. The number of hydrogen-bond donors (Lipinski definition) is 2. The van der Waals surface area contributed by atoms with Crippen LogP contribution in [0.15, 0.2) is 36.5 Å². The number of carbonyl (C=O) groups is 1. The molecule has 0 bridgehead atoms. The Bertz CT molecular complexity index is 751. The molecule has 27 heavy (non-hydrogen) atoms. The SMILES string of the molecule is Cc1ccc(C(=O)NC[C@H]2CC[C@@H](Nc3nccc(N(C)C)n3)CC2)cc1. The van der Waals surface area contributed by atoms with E-state index in [0.717, 1.165) is 49.2 Å². The minimum atomic E-state index is 0.0177. The Labute approximate surface area is 161 Å². The highest BCUT2D eigenvalue weighted by molar-refractivity contribution is 5.94. The predicted octanol–water partition coefficient (Wildman–Crippen LogP) is 3.25. The van der Waals surface area contributed by atoms with Crippen LogP contribution in [0, 0.1) is 12.8 Å². The third-order valence-corrected chi connectivity index (χ3v) is 5.14. The number of aromatic nitrogens is 2. The summed E-state index contributed by atoms with van der Waals surface area (Å²) in [5, 5.41) is 6.54. The maximum Gasteiger partial charge on any atom is 0.251 e. The molecular weight excluding hydrogens is 338 g/mol. The number of hydrogen-bond acceptors (Lipinski definition) is 5. The van der Waals surface area contributed by atoms with Gasteiger partial charge < -0.3 is 15.5 Å². The third kappa shape index (κ3) is 5.42. The van der Waals surface area contributed by atoms with Gasteiger partial charge in [0.1, 0.15) is 5.82 Å². The summed E-state index contributed by atoms with van der Waals surface area (Å²) >= 11 is 0. The number of nitrogens with one attached hydrogen (secondary N) is 2. The van der Waals surface area contributed by atoms with Crippen LogP contribution in [0.25, 0.3) is 0 Å². The van der Waals surface area contributed by atoms with Crippen LogP contribution in [0.1, 0.15) is 41.6 Å². The van der Waals surface area contributed by atoms with Gasteiger partial charge in [0.2, 0.25) is 5.95 Å². The minimum absolute atomic E-state index is 0.0177. The van der Waals surface area contributed by atoms with E-state index in [1.54, 1.807) is 6.20 Å². The standard InChI is InChI=1S/C21H29N5O/c1-15-4-8-17(9-5-15)20(27)23-14-16-6-10-18(11-7-16)24-21-22-13-12-19(25-21)26(2)3/h4-5,8-9,12-13,16,18H,6-7,10-11,14H2,1-3H3,(H,23,27)(H,22,24,25)/t16-,18+. The molecule has 1 saturated carbocycles. The number of benzene rings is 1. The molecule has 144 valence electrons. The molecule has 1 aromatic carbocycles. The highest BCUT2D eigenvalue weighted by atomic mass is 16.1. The van der Waals surface area contributed by atoms with Crippen LogP contribution in [-0.4, -0.2) is 42.6 Å². The van der Waals surface area contributed by atoms with Gasteiger partial charge in [-0.25, -0.2) is 4.98 Å². The predicted molar refractivity (Wildman–Crippen MR) is 109 cm³/mol. The lowest BCUT2D eigenvalue weighted by Crippen LogP contribution is -2.34. The summed E-state index contributed by atoms with van der Waals surface area (Å²) in [6.07, 6.45) is 6.12. The summed E-state index contributed by atoms with van der Waals surface area (Å²) < 4.78 is 0. The van der Waals surface area contributed by atoms with E-state index >= 15 is 0 Å². The molecule has 0 unspecified atom stereocenters. The molecule has 3 rings (SSSR count). The van der Waals surface area contributed by atoms with Crippen molar-refractivity contribution in [3.63, 3.8) is 0 Å². The van der Waals surface area contributed by atoms with Crippen LogP contribution in [0.2, 0.25) is 0 Å². The zero-order chi connectivity index (χ0) is 19.2. The van der Waals surface area contributed by atoms with Crippen LogP contribution in [-0.2, 0) is 0 Å². The zero-order valence-corrected chi connectivity index (χ0v) is 16.4. The Morgan fingerprint density at radius 3 is 2.48 bits per heavy atom. The molecule has 1 aromatic heterocycles. The first-order valence-electron chi connectivity index (χ1n) is 9.63. The quantitative estimate of drug-likeness (QED) is 0.820. The summed E-state index contributed by atoms with van der Waals surface area (Å²) in [6, 6.07) is 10.0. The fourth-order valence-corrected chi connectivity index (χ4v) is 3.41. The van der Waals surface area contributed by atoms with E-state index in [1.807, 2.05) is 56.3 Å². The first-order valence-corrected chi connectivity index (χ1v) is 9.63. The second-order valence-electron chi connectivity index (χ2n) is 7.57. The summed E-state index contributed by atoms with van der Waals surface area (Å²) in [5.74, 6) is 2.15. The second-order valence-corrected chi connectivity index (χ2v) is 7.57. The van der Waals surface area contributed by atoms with Gasteiger partial charge in [-0.05, 0) is 56.7 Å². The summed E-state index contributed by atoms with van der Waals surface area (Å²) in [5.41, 5.74) is 1.89. The number of aryl methyl sites for hydroxylation is 1. The van der Waals surface area contributed by atoms with Gasteiger partial charge in [-0.1, -0.05) is 17.7 Å². The van der Waals surface area contributed by atoms with Gasteiger partial charge in [-0.2, -0.15) is 4.98 Å². The number of anilines is 2. The van der Waals surface area contributed by atoms with E-state index in [-0.39, 0.29) is 5.91 Å². The number of amides is 1. The molecular formula is C21H29N5O. The van der Waals surface area contributed by atoms with Crippen LogP contribution in [0.3, 0.4) is 0 Å². The Balaban J connectivity index is 1.43. The van der Waals surface area contributed by atoms with Crippen molar-refractivity contribution in [1.82, 2.24) is 15.3 Å². The highest BCUT2D eigenvalue weighted by Crippen LogP contribution is 2.26. The molecule has 1 amide bonds. The molecule has 2 N–H and O–H groups in total. The van der Waals surface area contributed by atoms with Gasteiger partial charge in [-0.15, -0.1) is 0 Å². The molecule has 1 aliphatic rings. The molecule has 6 nitrogen and oxygen atoms in total. The van der Waals surface area contributed by atoms with Crippen molar-refractivity contribution in [1.29, 1.82) is 0 Å². The van der Waals surface area contributed by atoms with Gasteiger partial charge in [0.25, 0.3) is 5.91 Å². The van der Waals surface area contributed by atoms with E-state index in [1.165, 1.54) is 0 Å². The van der Waals surface area contributed by atoms with E-state index in [0.29, 0.717) is 17.9 Å². The van der Waals surface area contributed by atoms with Crippen LogP contribution < -0.4 is 15.5 Å². The first-order chi connectivity index (χ1) is 13.0. The topological polar surface area (TPSA) is 70.2 Å². The van der Waals surface area contributed by atoms with E-state index in [4.69, 9.17) is 0 Å². The smallest absolute Gasteiger partial charge is 0.251 e. The van der Waals surface area contributed by atoms with E-state index < -0.39 is 0 Å². The molecule has 0 radical (unpaired) electrons. The zero-order valence-electron chi connectivity index (χ0n) is 16.4. The normalized spacial score (nSPS) is 19.4. The summed E-state index contributed by atoms with van der Waals surface area (Å²) in [7, 11) is 3.95. The van der Waals surface area contributed by atoms with E-state index in [2.05, 4.69) is 20.6 Å². The molecule has 0 spiro atoms. The van der Waals surface area contributed by atoms with Crippen molar-refractivity contribution >= 4 is 17.7 Å². The van der Waals surface area contributed by atoms with Gasteiger partial charge in [0.05, 0.1) is 0 Å². The fourth-order valence-electron chi connectivity index (χ4n) is 3.41. The molecule has 0 aliphatic heterocycles. The van der Waals surface area contributed by atoms with Crippen LogP contribution in [0.5, 0.6) is 0 Å². The maximum atomic E-state index is 12.2. The average Bonchev–Trinajstić information content (AvgIpc) is 2.68. The molecule has 1 fully saturated rings. The summed E-state index contributed by atoms with van der Waals surface area (Å²) in [4.78, 5) is 23.1. The fraction of sp³-hybridized carbons (Fsp3) is 0.476. The highest BCUT2D eigenvalue weighted by Gasteiger charge is 2.22. The summed E-state index contributed by atoms with van der Waals surface area (Å²) in [6.45, 7) is 2.77. The van der Waals surface area contributed by atoms with Gasteiger partial charge in [-0.3, -0.25) is 4.79 Å². The Morgan fingerprint density at radius 1 is 1.11 bits per heavy atom. The number of rotatable bonds is 6. The first kappa shape index (κ1) is 19.1. The van der Waals surface area contributed by atoms with Gasteiger partial charge >= 0.3 is 0 Å². The number of nitrogens with zero attached hydrogens (tertiary/aromatic N) is 3. The van der Waals surface area contributed by atoms with Crippen molar-refractivity contribution in [2.45, 2.75) is 38.6 Å². The Kier molecular flexibility index (Phi) is 6.27. The van der Waals surface area contributed by atoms with Gasteiger partial charge in [0.15, 0.2) is 0 Å². The lowest BCUT2D eigenvalue weighted by molar-refractivity contribution is 0.0943. The monoisotopic (exact) mass is 367 g/mol. The third-order valence-electron chi connectivity index (χ3n) is 5.14. The molecule has 0 atom stereocenters. The largest absolute Gasteiger partial charge is 0.363 e. The molecule has 0 saturated heterocycles. The molecule has 1 heterocycles. The lowest BCUT2D eigenvalue weighted by atomic mass is 9.86. The minimum Gasteiger partial charge on any atom is -0.363 e. The Hall–Kier alpha value is -2.63. The van der Waals surface area contributed by atoms with Crippen molar-refractivity contribution < 1.29 is 4.79 Å². The van der Waals surface area contributed by atoms with Crippen molar-refractivity contribution in [2.24, 2.45) is 5.92 Å². The molecule has 2 aromatic rings. The Morgan fingerprint density at radius 2 is 1.81 bits per heavy atom. The number of carbonyl (C=O) groups excluding carboxylic acids is 1. The van der Waals surface area contributed by atoms with E-state index in [9.17, 15) is 4.79 Å². The maximum absolute atomic E-state index is 12.2. The molecule has 1 aliphatic carbocycles. The van der Waals surface area contributed by atoms with Crippen LogP contribution >= 0.6 is 0 Å². The van der Waals surface area contributed by atoms with Crippen molar-refractivity contribution in [3.05, 3.63) is 47.7 Å². The van der Waals surface area contributed by atoms with Crippen molar-refractivity contribution in [3.8, 4) is 0 Å². The molecule has 6 heteroatoms. The second kappa shape index (κ2) is 8.84. The van der Waals surface area contributed by atoms with Gasteiger partial charge in [0, 0.05) is 38.4 Å². The van der Waals surface area contributed by atoms with Crippen LogP contribution in [0.4, 0.5) is 11.8 Å².